The van der Waals surface area contributed by atoms with Gasteiger partial charge in [-0.25, -0.2) is 0 Å². The number of halogens is 3. The molecule has 6 nitrogen and oxygen atoms in total. The van der Waals surface area contributed by atoms with Crippen molar-refractivity contribution in [2.45, 2.75) is 24.1 Å². The Morgan fingerprint density at radius 1 is 1.16 bits per heavy atom. The molecule has 0 radical (unpaired) electrons. The minimum atomic E-state index is -4.56. The van der Waals surface area contributed by atoms with Crippen molar-refractivity contribution in [1.82, 2.24) is 0 Å². The Kier molecular flexibility index (Phi) is 8.03. The van der Waals surface area contributed by atoms with Gasteiger partial charge in [-0.1, -0.05) is 18.2 Å². The number of nitrogens with zero attached hydrogens (tertiary/aromatic N) is 1. The molecule has 1 unspecified atom stereocenters. The second-order valence-corrected chi connectivity index (χ2v) is 8.10. The summed E-state index contributed by atoms with van der Waals surface area (Å²) in [5.74, 6) is -1.31. The third kappa shape index (κ3) is 6.64. The van der Waals surface area contributed by atoms with Gasteiger partial charge >= 0.3 is 12.1 Å². The van der Waals surface area contributed by atoms with Crippen LogP contribution in [0.25, 0.3) is 0 Å². The number of nitrogens with one attached hydrogen (secondary N) is 1. The van der Waals surface area contributed by atoms with Crippen LogP contribution in [0.5, 0.6) is 0 Å². The van der Waals surface area contributed by atoms with Crippen molar-refractivity contribution < 1.29 is 32.2 Å². The van der Waals surface area contributed by atoms with E-state index in [4.69, 9.17) is 9.47 Å². The SMILES string of the molecule is CC(OC(=O)CSc1ccccc1)C(=O)Nc1cc(C(F)(F)F)ccc1N1CCOCC1. The fraction of sp³-hybridized carbons (Fsp3) is 0.364. The lowest BCUT2D eigenvalue weighted by atomic mass is 10.1. The molecule has 1 saturated heterocycles. The van der Waals surface area contributed by atoms with E-state index in [0.29, 0.717) is 32.0 Å². The number of alkyl halides is 3. The first kappa shape index (κ1) is 23.9. The number of ether oxygens (including phenoxy) is 2. The number of benzene rings is 2. The van der Waals surface area contributed by atoms with Crippen molar-refractivity contribution in [3.63, 3.8) is 0 Å². The molecule has 2 aromatic rings. The van der Waals surface area contributed by atoms with Gasteiger partial charge in [0.05, 0.1) is 35.9 Å². The van der Waals surface area contributed by atoms with E-state index in [0.717, 1.165) is 17.0 Å². The van der Waals surface area contributed by atoms with Crippen LogP contribution >= 0.6 is 11.8 Å². The van der Waals surface area contributed by atoms with Gasteiger partial charge in [0.15, 0.2) is 6.10 Å². The number of esters is 1. The number of anilines is 2. The molecule has 0 spiro atoms. The van der Waals surface area contributed by atoms with Gasteiger partial charge in [0.2, 0.25) is 0 Å². The summed E-state index contributed by atoms with van der Waals surface area (Å²) >= 11 is 1.26. The van der Waals surface area contributed by atoms with Gasteiger partial charge in [-0.15, -0.1) is 11.8 Å². The molecule has 3 rings (SSSR count). The van der Waals surface area contributed by atoms with E-state index in [1.54, 1.807) is 0 Å². The van der Waals surface area contributed by atoms with Crippen LogP contribution in [-0.2, 0) is 25.2 Å². The maximum Gasteiger partial charge on any atom is 0.416 e. The molecule has 32 heavy (non-hydrogen) atoms. The van der Waals surface area contributed by atoms with Crippen molar-refractivity contribution in [2.75, 3.05) is 42.3 Å². The van der Waals surface area contributed by atoms with E-state index in [1.165, 1.54) is 24.8 Å². The van der Waals surface area contributed by atoms with Crippen LogP contribution in [0.3, 0.4) is 0 Å². The average molecular weight is 468 g/mol. The Bertz CT molecular complexity index is 935. The monoisotopic (exact) mass is 468 g/mol. The number of hydrogen-bond donors (Lipinski definition) is 1. The van der Waals surface area contributed by atoms with Crippen LogP contribution in [0, 0.1) is 0 Å². The highest BCUT2D eigenvalue weighted by Crippen LogP contribution is 2.36. The quantitative estimate of drug-likeness (QED) is 0.485. The van der Waals surface area contributed by atoms with Crippen molar-refractivity contribution in [1.29, 1.82) is 0 Å². The topological polar surface area (TPSA) is 67.9 Å². The molecular formula is C22H23F3N2O4S. The number of carbonyl (C=O) groups is 2. The van der Waals surface area contributed by atoms with Gasteiger partial charge in [0.1, 0.15) is 0 Å². The van der Waals surface area contributed by atoms with Crippen LogP contribution in [-0.4, -0.2) is 50.0 Å². The van der Waals surface area contributed by atoms with Gasteiger partial charge in [0.25, 0.3) is 5.91 Å². The zero-order chi connectivity index (χ0) is 23.1. The number of hydrogen-bond acceptors (Lipinski definition) is 6. The first-order valence-electron chi connectivity index (χ1n) is 9.96. The number of carbonyl (C=O) groups excluding carboxylic acids is 2. The van der Waals surface area contributed by atoms with Crippen molar-refractivity contribution >= 4 is 35.0 Å². The van der Waals surface area contributed by atoms with Gasteiger partial charge < -0.3 is 19.7 Å². The average Bonchev–Trinajstić information content (AvgIpc) is 2.78. The highest BCUT2D eigenvalue weighted by molar-refractivity contribution is 8.00. The van der Waals surface area contributed by atoms with E-state index in [1.807, 2.05) is 35.2 Å². The van der Waals surface area contributed by atoms with Gasteiger partial charge in [-0.2, -0.15) is 13.2 Å². The summed E-state index contributed by atoms with van der Waals surface area (Å²) in [7, 11) is 0. The van der Waals surface area contributed by atoms with Crippen LogP contribution in [0.15, 0.2) is 53.4 Å². The maximum atomic E-state index is 13.2. The zero-order valence-corrected chi connectivity index (χ0v) is 18.2. The second-order valence-electron chi connectivity index (χ2n) is 7.05. The number of morpholine rings is 1. The van der Waals surface area contributed by atoms with Gasteiger partial charge in [0, 0.05) is 18.0 Å². The number of amides is 1. The van der Waals surface area contributed by atoms with Crippen molar-refractivity contribution in [3.05, 3.63) is 54.1 Å². The van der Waals surface area contributed by atoms with E-state index in [2.05, 4.69) is 5.32 Å². The molecule has 1 atom stereocenters. The summed E-state index contributed by atoms with van der Waals surface area (Å²) in [6.45, 7) is 3.20. The molecule has 172 valence electrons. The molecule has 1 N–H and O–H groups in total. The first-order valence-corrected chi connectivity index (χ1v) is 10.9. The van der Waals surface area contributed by atoms with Crippen molar-refractivity contribution in [2.24, 2.45) is 0 Å². The Morgan fingerprint density at radius 3 is 2.50 bits per heavy atom. The third-order valence-corrected chi connectivity index (χ3v) is 5.70. The summed E-state index contributed by atoms with van der Waals surface area (Å²) in [6, 6.07) is 12.4. The van der Waals surface area contributed by atoms with Gasteiger partial charge in [-0.05, 0) is 37.3 Å². The lowest BCUT2D eigenvalue weighted by molar-refractivity contribution is -0.150. The summed E-state index contributed by atoms with van der Waals surface area (Å²) in [5, 5.41) is 2.49. The smallest absolute Gasteiger partial charge is 0.416 e. The highest BCUT2D eigenvalue weighted by atomic mass is 32.2. The molecule has 1 aliphatic heterocycles. The lowest BCUT2D eigenvalue weighted by Gasteiger charge is -2.31. The van der Waals surface area contributed by atoms with E-state index < -0.39 is 29.7 Å². The Hall–Kier alpha value is -2.72. The van der Waals surface area contributed by atoms with E-state index in [9.17, 15) is 22.8 Å². The standard InChI is InChI=1S/C22H23F3N2O4S/c1-15(31-20(28)14-32-17-5-3-2-4-6-17)21(29)26-18-13-16(22(23,24)25)7-8-19(18)27-9-11-30-12-10-27/h2-8,13,15H,9-12,14H2,1H3,(H,26,29). The molecule has 0 saturated carbocycles. The summed E-state index contributed by atoms with van der Waals surface area (Å²) in [6.07, 6.45) is -5.73. The van der Waals surface area contributed by atoms with Gasteiger partial charge in [-0.3, -0.25) is 9.59 Å². The largest absolute Gasteiger partial charge is 0.452 e. The molecule has 2 aromatic carbocycles. The molecule has 0 bridgehead atoms. The van der Waals surface area contributed by atoms with Crippen LogP contribution in [0.4, 0.5) is 24.5 Å². The zero-order valence-electron chi connectivity index (χ0n) is 17.4. The van der Waals surface area contributed by atoms with E-state index in [-0.39, 0.29) is 11.4 Å². The molecule has 10 heteroatoms. The molecule has 1 heterocycles. The highest BCUT2D eigenvalue weighted by Gasteiger charge is 2.32. The summed E-state index contributed by atoms with van der Waals surface area (Å²) in [4.78, 5) is 27.4. The van der Waals surface area contributed by atoms with Crippen LogP contribution in [0.2, 0.25) is 0 Å². The molecular weight excluding hydrogens is 445 g/mol. The van der Waals surface area contributed by atoms with Crippen molar-refractivity contribution in [3.8, 4) is 0 Å². The lowest BCUT2D eigenvalue weighted by Crippen LogP contribution is -2.37. The number of thioether (sulfide) groups is 1. The third-order valence-electron chi connectivity index (χ3n) is 4.71. The molecule has 1 aliphatic rings. The minimum absolute atomic E-state index is 0.00419. The van der Waals surface area contributed by atoms with Crippen LogP contribution < -0.4 is 10.2 Å². The normalized spacial score (nSPS) is 15.2. The Morgan fingerprint density at radius 2 is 1.84 bits per heavy atom. The van der Waals surface area contributed by atoms with Crippen LogP contribution in [0.1, 0.15) is 12.5 Å². The number of rotatable bonds is 7. The fourth-order valence-electron chi connectivity index (χ4n) is 3.07. The predicted molar refractivity (Wildman–Crippen MR) is 116 cm³/mol. The summed E-state index contributed by atoms with van der Waals surface area (Å²) < 4.78 is 50.1. The summed E-state index contributed by atoms with van der Waals surface area (Å²) in [5.41, 5.74) is -0.421. The van der Waals surface area contributed by atoms with E-state index >= 15 is 0 Å². The molecule has 0 aromatic heterocycles. The minimum Gasteiger partial charge on any atom is -0.452 e. The Balaban J connectivity index is 1.66. The Labute approximate surface area is 188 Å². The molecule has 1 fully saturated rings. The second kappa shape index (κ2) is 10.7. The fourth-order valence-corrected chi connectivity index (χ4v) is 3.77. The maximum absolute atomic E-state index is 13.2. The molecule has 0 aliphatic carbocycles. The first-order chi connectivity index (χ1) is 15.2. The predicted octanol–water partition coefficient (Wildman–Crippen LogP) is 4.20. The molecule has 1 amide bonds.